The average molecular weight is 315 g/mol. The van der Waals surface area contributed by atoms with Crippen molar-refractivity contribution in [2.24, 2.45) is 7.05 Å². The second kappa shape index (κ2) is 4.61. The molecule has 0 aliphatic heterocycles. The number of rotatable bonds is 2. The van der Waals surface area contributed by atoms with Crippen LogP contribution in [-0.4, -0.2) is 15.6 Å². The van der Waals surface area contributed by atoms with Gasteiger partial charge in [0.25, 0.3) is 0 Å². The van der Waals surface area contributed by atoms with Gasteiger partial charge in [-0.05, 0) is 35.0 Å². The van der Waals surface area contributed by atoms with E-state index in [2.05, 4.69) is 21.0 Å². The Balaban J connectivity index is 2.60. The molecule has 0 aliphatic carbocycles. The lowest BCUT2D eigenvalue weighted by Gasteiger charge is -2.05. The van der Waals surface area contributed by atoms with Gasteiger partial charge in [0.15, 0.2) is 5.82 Å². The second-order valence-electron chi connectivity index (χ2n) is 3.81. The Morgan fingerprint density at radius 2 is 2.06 bits per heavy atom. The lowest BCUT2D eigenvalue weighted by Crippen LogP contribution is -2.09. The average Bonchev–Trinajstić information content (AvgIpc) is 2.65. The summed E-state index contributed by atoms with van der Waals surface area (Å²) >= 11 is 2.93. The molecule has 0 amide bonds. The van der Waals surface area contributed by atoms with Crippen LogP contribution in [0.1, 0.15) is 21.6 Å². The Kier molecular flexibility index (Phi) is 3.30. The van der Waals surface area contributed by atoms with Crippen molar-refractivity contribution in [2.45, 2.75) is 6.92 Å². The van der Waals surface area contributed by atoms with Crippen LogP contribution in [0.3, 0.4) is 0 Å². The fourth-order valence-corrected chi connectivity index (χ4v) is 1.92. The predicted molar refractivity (Wildman–Crippen MR) is 65.4 cm³/mol. The summed E-state index contributed by atoms with van der Waals surface area (Å²) in [6, 6.07) is 2.27. The van der Waals surface area contributed by atoms with E-state index in [1.807, 2.05) is 0 Å². The zero-order chi connectivity index (χ0) is 13.4. The molecular weight excluding hydrogens is 306 g/mol. The van der Waals surface area contributed by atoms with Gasteiger partial charge in [-0.2, -0.15) is 5.10 Å². The number of carbonyl (C=O) groups excluding carboxylic acids is 1. The van der Waals surface area contributed by atoms with Crippen LogP contribution in [0, 0.1) is 18.6 Å². The molecule has 2 aromatic rings. The third kappa shape index (κ3) is 1.96. The maximum Gasteiger partial charge on any atom is 0.202 e. The summed E-state index contributed by atoms with van der Waals surface area (Å²) in [6.45, 7) is 1.66. The van der Waals surface area contributed by atoms with Crippen molar-refractivity contribution in [1.82, 2.24) is 9.78 Å². The lowest BCUT2D eigenvalue weighted by molar-refractivity contribution is 0.103. The summed E-state index contributed by atoms with van der Waals surface area (Å²) in [6.07, 6.45) is 1.30. The van der Waals surface area contributed by atoms with Crippen LogP contribution in [0.2, 0.25) is 0 Å². The molecular formula is C12H9BrF2N2O. The highest BCUT2D eigenvalue weighted by Gasteiger charge is 2.23. The Bertz CT molecular complexity index is 637. The van der Waals surface area contributed by atoms with Gasteiger partial charge in [-0.15, -0.1) is 0 Å². The molecule has 2 rings (SSSR count). The molecule has 0 atom stereocenters. The number of nitrogens with zero attached hydrogens (tertiary/aromatic N) is 2. The summed E-state index contributed by atoms with van der Waals surface area (Å²) in [5.74, 6) is -2.50. The first kappa shape index (κ1) is 12.9. The van der Waals surface area contributed by atoms with E-state index in [1.165, 1.54) is 16.9 Å². The van der Waals surface area contributed by atoms with Crippen molar-refractivity contribution in [1.29, 1.82) is 0 Å². The maximum atomic E-state index is 13.8. The zero-order valence-corrected chi connectivity index (χ0v) is 11.3. The van der Waals surface area contributed by atoms with E-state index < -0.39 is 23.0 Å². The number of benzene rings is 1. The standard InChI is InChI=1S/C12H9BrF2N2O/c1-6-7(5-16-17(6)2)12(18)10-9(14)4-3-8(13)11(10)15/h3-5H,1-2H3. The van der Waals surface area contributed by atoms with E-state index in [0.29, 0.717) is 5.69 Å². The number of aromatic nitrogens is 2. The highest BCUT2D eigenvalue weighted by molar-refractivity contribution is 9.10. The summed E-state index contributed by atoms with van der Waals surface area (Å²) in [7, 11) is 1.65. The summed E-state index contributed by atoms with van der Waals surface area (Å²) < 4.78 is 28.9. The van der Waals surface area contributed by atoms with Crippen molar-refractivity contribution < 1.29 is 13.6 Å². The minimum absolute atomic E-state index is 0.0498. The maximum absolute atomic E-state index is 13.8. The SMILES string of the molecule is Cc1c(C(=O)c2c(F)ccc(Br)c2F)cnn1C. The molecule has 0 aliphatic rings. The molecule has 0 fully saturated rings. The Morgan fingerprint density at radius 3 is 2.61 bits per heavy atom. The third-order valence-corrected chi connectivity index (χ3v) is 3.36. The van der Waals surface area contributed by atoms with Crippen molar-refractivity contribution in [3.63, 3.8) is 0 Å². The Morgan fingerprint density at radius 1 is 1.39 bits per heavy atom. The molecule has 1 heterocycles. The quantitative estimate of drug-likeness (QED) is 0.631. The number of aryl methyl sites for hydroxylation is 1. The van der Waals surface area contributed by atoms with Crippen LogP contribution in [-0.2, 0) is 7.05 Å². The lowest BCUT2D eigenvalue weighted by atomic mass is 10.0. The monoisotopic (exact) mass is 314 g/mol. The minimum Gasteiger partial charge on any atom is -0.288 e. The summed E-state index contributed by atoms with van der Waals surface area (Å²) in [5.41, 5.74) is 0.174. The molecule has 0 unspecified atom stereocenters. The normalized spacial score (nSPS) is 10.7. The van der Waals surface area contributed by atoms with Gasteiger partial charge in [-0.1, -0.05) is 0 Å². The van der Waals surface area contributed by atoms with Gasteiger partial charge in [-0.3, -0.25) is 9.48 Å². The fourth-order valence-electron chi connectivity index (χ4n) is 1.59. The molecule has 0 saturated heterocycles. The number of carbonyl (C=O) groups is 1. The van der Waals surface area contributed by atoms with E-state index in [4.69, 9.17) is 0 Å². The van der Waals surface area contributed by atoms with Gasteiger partial charge in [0.1, 0.15) is 5.82 Å². The van der Waals surface area contributed by atoms with Crippen molar-refractivity contribution in [3.8, 4) is 0 Å². The third-order valence-electron chi connectivity index (χ3n) is 2.75. The largest absolute Gasteiger partial charge is 0.288 e. The smallest absolute Gasteiger partial charge is 0.202 e. The van der Waals surface area contributed by atoms with E-state index in [9.17, 15) is 13.6 Å². The number of halogens is 3. The van der Waals surface area contributed by atoms with E-state index in [0.717, 1.165) is 6.07 Å². The first-order chi connectivity index (χ1) is 8.43. The Hall–Kier alpha value is -1.56. The molecule has 0 spiro atoms. The van der Waals surface area contributed by atoms with Crippen LogP contribution < -0.4 is 0 Å². The fraction of sp³-hybridized carbons (Fsp3) is 0.167. The van der Waals surface area contributed by atoms with Crippen molar-refractivity contribution in [3.05, 3.63) is 51.3 Å². The highest BCUT2D eigenvalue weighted by atomic mass is 79.9. The van der Waals surface area contributed by atoms with Gasteiger partial charge in [0, 0.05) is 12.7 Å². The molecule has 94 valence electrons. The first-order valence-corrected chi connectivity index (χ1v) is 5.89. The molecule has 18 heavy (non-hydrogen) atoms. The van der Waals surface area contributed by atoms with Gasteiger partial charge in [0.2, 0.25) is 5.78 Å². The van der Waals surface area contributed by atoms with Gasteiger partial charge in [0.05, 0.1) is 21.8 Å². The molecule has 1 aromatic heterocycles. The molecule has 3 nitrogen and oxygen atoms in total. The van der Waals surface area contributed by atoms with Crippen molar-refractivity contribution in [2.75, 3.05) is 0 Å². The van der Waals surface area contributed by atoms with Crippen LogP contribution in [0.4, 0.5) is 8.78 Å². The number of hydrogen-bond donors (Lipinski definition) is 0. The molecule has 0 bridgehead atoms. The second-order valence-corrected chi connectivity index (χ2v) is 4.67. The van der Waals surface area contributed by atoms with Crippen LogP contribution in [0.15, 0.2) is 22.8 Å². The van der Waals surface area contributed by atoms with E-state index in [-0.39, 0.29) is 10.0 Å². The van der Waals surface area contributed by atoms with Crippen LogP contribution in [0.25, 0.3) is 0 Å². The molecule has 0 saturated carbocycles. The van der Waals surface area contributed by atoms with E-state index in [1.54, 1.807) is 14.0 Å². The van der Waals surface area contributed by atoms with Crippen molar-refractivity contribution >= 4 is 21.7 Å². The van der Waals surface area contributed by atoms with Gasteiger partial charge < -0.3 is 0 Å². The zero-order valence-electron chi connectivity index (χ0n) is 9.67. The number of ketones is 1. The summed E-state index contributed by atoms with van der Waals surface area (Å²) in [4.78, 5) is 12.1. The topological polar surface area (TPSA) is 34.9 Å². The van der Waals surface area contributed by atoms with Gasteiger partial charge in [-0.25, -0.2) is 8.78 Å². The highest BCUT2D eigenvalue weighted by Crippen LogP contribution is 2.24. The van der Waals surface area contributed by atoms with E-state index >= 15 is 0 Å². The molecule has 0 radical (unpaired) electrons. The molecule has 6 heteroatoms. The molecule has 1 aromatic carbocycles. The summed E-state index contributed by atoms with van der Waals surface area (Å²) in [5, 5.41) is 3.88. The minimum atomic E-state index is -0.900. The number of hydrogen-bond acceptors (Lipinski definition) is 2. The van der Waals surface area contributed by atoms with Crippen LogP contribution >= 0.6 is 15.9 Å². The van der Waals surface area contributed by atoms with Gasteiger partial charge >= 0.3 is 0 Å². The first-order valence-electron chi connectivity index (χ1n) is 5.10. The molecule has 0 N–H and O–H groups in total. The predicted octanol–water partition coefficient (Wildman–Crippen LogP) is 3.00. The van der Waals surface area contributed by atoms with Crippen LogP contribution in [0.5, 0.6) is 0 Å². The Labute approximate surface area is 111 Å².